The lowest BCUT2D eigenvalue weighted by Gasteiger charge is -2.07. The van der Waals surface area contributed by atoms with E-state index < -0.39 is 11.8 Å². The standard InChI is InChI=1S/C12H14O4/c1-8(2)16-12(14)11(13)9-4-6-10(15-3)7-5-9/h4-8H,1-3H3. The topological polar surface area (TPSA) is 52.6 Å². The normalized spacial score (nSPS) is 10.0. The predicted octanol–water partition coefficient (Wildman–Crippen LogP) is 1.83. The molecule has 0 N–H and O–H groups in total. The van der Waals surface area contributed by atoms with Gasteiger partial charge in [0.2, 0.25) is 0 Å². The van der Waals surface area contributed by atoms with Gasteiger partial charge >= 0.3 is 5.97 Å². The monoisotopic (exact) mass is 222 g/mol. The van der Waals surface area contributed by atoms with E-state index in [-0.39, 0.29) is 6.10 Å². The Kier molecular flexibility index (Phi) is 4.05. The van der Waals surface area contributed by atoms with Gasteiger partial charge in [-0.05, 0) is 38.1 Å². The molecule has 0 heterocycles. The number of ether oxygens (including phenoxy) is 2. The molecule has 1 rings (SSSR count). The molecule has 0 aliphatic carbocycles. The van der Waals surface area contributed by atoms with E-state index in [2.05, 4.69) is 0 Å². The van der Waals surface area contributed by atoms with E-state index in [0.29, 0.717) is 11.3 Å². The molecule has 0 spiro atoms. The maximum Gasteiger partial charge on any atom is 0.379 e. The summed E-state index contributed by atoms with van der Waals surface area (Å²) in [5.41, 5.74) is 0.298. The summed E-state index contributed by atoms with van der Waals surface area (Å²) in [5, 5.41) is 0. The number of esters is 1. The van der Waals surface area contributed by atoms with Crippen LogP contribution < -0.4 is 4.74 Å². The van der Waals surface area contributed by atoms with Crippen molar-refractivity contribution in [3.05, 3.63) is 29.8 Å². The lowest BCUT2D eigenvalue weighted by Crippen LogP contribution is -2.21. The van der Waals surface area contributed by atoms with E-state index in [1.807, 2.05) is 0 Å². The lowest BCUT2D eigenvalue weighted by molar-refractivity contribution is -0.141. The highest BCUT2D eigenvalue weighted by Gasteiger charge is 2.18. The quantitative estimate of drug-likeness (QED) is 0.443. The summed E-state index contributed by atoms with van der Waals surface area (Å²) in [4.78, 5) is 22.9. The van der Waals surface area contributed by atoms with Gasteiger partial charge in [-0.15, -0.1) is 0 Å². The first kappa shape index (κ1) is 12.2. The molecule has 1 aromatic rings. The van der Waals surface area contributed by atoms with Gasteiger partial charge in [0.15, 0.2) is 0 Å². The first-order chi connectivity index (χ1) is 7.54. The van der Waals surface area contributed by atoms with Gasteiger partial charge in [-0.3, -0.25) is 4.79 Å². The van der Waals surface area contributed by atoms with Gasteiger partial charge in [-0.25, -0.2) is 4.79 Å². The highest BCUT2D eigenvalue weighted by molar-refractivity contribution is 6.40. The molecule has 4 nitrogen and oxygen atoms in total. The van der Waals surface area contributed by atoms with E-state index in [1.54, 1.807) is 26.0 Å². The zero-order valence-electron chi connectivity index (χ0n) is 9.52. The summed E-state index contributed by atoms with van der Waals surface area (Å²) in [6.45, 7) is 3.39. The van der Waals surface area contributed by atoms with Crippen LogP contribution in [-0.4, -0.2) is 25.0 Å². The van der Waals surface area contributed by atoms with Crippen LogP contribution in [0.4, 0.5) is 0 Å². The van der Waals surface area contributed by atoms with Crippen LogP contribution in [0.15, 0.2) is 24.3 Å². The van der Waals surface area contributed by atoms with E-state index in [4.69, 9.17) is 9.47 Å². The Balaban J connectivity index is 2.76. The van der Waals surface area contributed by atoms with E-state index >= 15 is 0 Å². The molecule has 86 valence electrons. The van der Waals surface area contributed by atoms with Crippen LogP contribution in [0.3, 0.4) is 0 Å². The minimum absolute atomic E-state index is 0.297. The molecular formula is C12H14O4. The molecule has 0 aliphatic rings. The molecule has 4 heteroatoms. The minimum atomic E-state index is -0.833. The third-order valence-corrected chi connectivity index (χ3v) is 1.88. The van der Waals surface area contributed by atoms with Gasteiger partial charge < -0.3 is 9.47 Å². The molecule has 0 atom stereocenters. The molecule has 16 heavy (non-hydrogen) atoms. The Morgan fingerprint density at radius 1 is 1.12 bits per heavy atom. The Morgan fingerprint density at radius 3 is 2.12 bits per heavy atom. The predicted molar refractivity (Wildman–Crippen MR) is 58.6 cm³/mol. The van der Waals surface area contributed by atoms with Crippen LogP contribution in [-0.2, 0) is 9.53 Å². The van der Waals surface area contributed by atoms with E-state index in [0.717, 1.165) is 0 Å². The third kappa shape index (κ3) is 3.08. The number of rotatable bonds is 4. The van der Waals surface area contributed by atoms with Crippen LogP contribution in [0.1, 0.15) is 24.2 Å². The van der Waals surface area contributed by atoms with Crippen LogP contribution >= 0.6 is 0 Å². The summed E-state index contributed by atoms with van der Waals surface area (Å²) < 4.78 is 9.75. The van der Waals surface area contributed by atoms with E-state index in [9.17, 15) is 9.59 Å². The average Bonchev–Trinajstić information content (AvgIpc) is 2.27. The van der Waals surface area contributed by atoms with Crippen LogP contribution in [0.2, 0.25) is 0 Å². The second kappa shape index (κ2) is 5.30. The molecule has 0 unspecified atom stereocenters. The fourth-order valence-electron chi connectivity index (χ4n) is 1.13. The second-order valence-corrected chi connectivity index (χ2v) is 3.51. The number of ketones is 1. The van der Waals surface area contributed by atoms with Crippen molar-refractivity contribution in [2.24, 2.45) is 0 Å². The zero-order valence-corrected chi connectivity index (χ0v) is 9.52. The number of carbonyl (C=O) groups excluding carboxylic acids is 2. The summed E-state index contributed by atoms with van der Waals surface area (Å²) in [5.74, 6) is -0.842. The van der Waals surface area contributed by atoms with Gasteiger partial charge in [-0.1, -0.05) is 0 Å². The largest absolute Gasteiger partial charge is 0.497 e. The number of hydrogen-bond acceptors (Lipinski definition) is 4. The average molecular weight is 222 g/mol. The Morgan fingerprint density at radius 2 is 1.69 bits per heavy atom. The molecule has 0 fully saturated rings. The third-order valence-electron chi connectivity index (χ3n) is 1.88. The highest BCUT2D eigenvalue weighted by Crippen LogP contribution is 2.12. The summed E-state index contributed by atoms with van der Waals surface area (Å²) >= 11 is 0. The number of carbonyl (C=O) groups is 2. The second-order valence-electron chi connectivity index (χ2n) is 3.51. The molecule has 0 aliphatic heterocycles. The fraction of sp³-hybridized carbons (Fsp3) is 0.333. The first-order valence-electron chi connectivity index (χ1n) is 4.94. The number of hydrogen-bond donors (Lipinski definition) is 0. The van der Waals surface area contributed by atoms with Crippen molar-refractivity contribution in [2.75, 3.05) is 7.11 Å². The van der Waals surface area contributed by atoms with Crippen molar-refractivity contribution in [1.82, 2.24) is 0 Å². The number of Topliss-reactive ketones (excluding diaryl/α,β-unsaturated/α-hetero) is 1. The van der Waals surface area contributed by atoms with Gasteiger partial charge in [0.1, 0.15) is 5.75 Å². The molecule has 0 amide bonds. The summed E-state index contributed by atoms with van der Waals surface area (Å²) in [7, 11) is 1.53. The first-order valence-corrected chi connectivity index (χ1v) is 4.94. The Hall–Kier alpha value is -1.84. The molecule has 1 aromatic carbocycles. The maximum atomic E-state index is 11.6. The van der Waals surface area contributed by atoms with Crippen molar-refractivity contribution in [1.29, 1.82) is 0 Å². The number of methoxy groups -OCH3 is 1. The Bertz CT molecular complexity index is 379. The van der Waals surface area contributed by atoms with Crippen LogP contribution in [0, 0.1) is 0 Å². The lowest BCUT2D eigenvalue weighted by atomic mass is 10.1. The van der Waals surface area contributed by atoms with Crippen molar-refractivity contribution >= 4 is 11.8 Å². The maximum absolute atomic E-state index is 11.6. The van der Waals surface area contributed by atoms with Crippen LogP contribution in [0.5, 0.6) is 5.75 Å². The zero-order chi connectivity index (χ0) is 12.1. The van der Waals surface area contributed by atoms with E-state index in [1.165, 1.54) is 19.2 Å². The van der Waals surface area contributed by atoms with Gasteiger partial charge in [0.05, 0.1) is 13.2 Å². The van der Waals surface area contributed by atoms with Crippen molar-refractivity contribution in [3.8, 4) is 5.75 Å². The molecule has 0 saturated carbocycles. The minimum Gasteiger partial charge on any atom is -0.497 e. The highest BCUT2D eigenvalue weighted by atomic mass is 16.5. The smallest absolute Gasteiger partial charge is 0.379 e. The molecule has 0 bridgehead atoms. The van der Waals surface area contributed by atoms with Gasteiger partial charge in [0.25, 0.3) is 5.78 Å². The summed E-state index contributed by atoms with van der Waals surface area (Å²) in [6, 6.07) is 6.30. The number of benzene rings is 1. The SMILES string of the molecule is COc1ccc(C(=O)C(=O)OC(C)C)cc1. The molecule has 0 radical (unpaired) electrons. The van der Waals surface area contributed by atoms with Gasteiger partial charge in [0, 0.05) is 5.56 Å². The van der Waals surface area contributed by atoms with Crippen molar-refractivity contribution in [2.45, 2.75) is 20.0 Å². The summed E-state index contributed by atoms with van der Waals surface area (Å²) in [6.07, 6.45) is -0.297. The molecule has 0 saturated heterocycles. The molecule has 0 aromatic heterocycles. The Labute approximate surface area is 94.2 Å². The van der Waals surface area contributed by atoms with Gasteiger partial charge in [-0.2, -0.15) is 0 Å². The molecular weight excluding hydrogens is 208 g/mol. The van der Waals surface area contributed by atoms with Crippen molar-refractivity contribution < 1.29 is 19.1 Å². The van der Waals surface area contributed by atoms with Crippen molar-refractivity contribution in [3.63, 3.8) is 0 Å². The fourth-order valence-corrected chi connectivity index (χ4v) is 1.13. The van der Waals surface area contributed by atoms with Crippen LogP contribution in [0.25, 0.3) is 0 Å².